The third-order valence-electron chi connectivity index (χ3n) is 3.13. The molecule has 2 rings (SSSR count). The van der Waals surface area contributed by atoms with Gasteiger partial charge < -0.3 is 5.73 Å². The summed E-state index contributed by atoms with van der Waals surface area (Å²) in [5.41, 5.74) is 6.15. The number of benzene rings is 2. The molecule has 2 nitrogen and oxygen atoms in total. The first-order valence-corrected chi connectivity index (χ1v) is 6.39. The molecular weight excluding hydrogens is 279 g/mol. The van der Waals surface area contributed by atoms with Crippen molar-refractivity contribution in [1.82, 2.24) is 0 Å². The average Bonchev–Trinajstić information content (AvgIpc) is 2.46. The van der Waals surface area contributed by atoms with Gasteiger partial charge in [0.15, 0.2) is 5.78 Å². The SMILES string of the molecule is NC(Cc1ccccc1)C(=O)c1ccc(C(F)(F)F)cc1. The molecule has 2 aromatic carbocycles. The van der Waals surface area contributed by atoms with Crippen molar-refractivity contribution < 1.29 is 18.0 Å². The van der Waals surface area contributed by atoms with E-state index in [1.165, 1.54) is 0 Å². The molecular formula is C16H14F3NO. The molecule has 21 heavy (non-hydrogen) atoms. The standard InChI is InChI=1S/C16H14F3NO/c17-16(18,19)13-8-6-12(7-9-13)15(21)14(20)10-11-4-2-1-3-5-11/h1-9,14H,10,20H2. The first-order valence-electron chi connectivity index (χ1n) is 6.39. The van der Waals surface area contributed by atoms with E-state index in [4.69, 9.17) is 5.73 Å². The monoisotopic (exact) mass is 293 g/mol. The van der Waals surface area contributed by atoms with Gasteiger partial charge in [-0.25, -0.2) is 0 Å². The molecule has 0 saturated heterocycles. The minimum absolute atomic E-state index is 0.187. The largest absolute Gasteiger partial charge is 0.416 e. The van der Waals surface area contributed by atoms with Gasteiger partial charge in [-0.1, -0.05) is 42.5 Å². The van der Waals surface area contributed by atoms with Crippen LogP contribution in [-0.4, -0.2) is 11.8 Å². The Bertz CT molecular complexity index is 606. The van der Waals surface area contributed by atoms with Crippen molar-refractivity contribution in [2.75, 3.05) is 0 Å². The van der Waals surface area contributed by atoms with Gasteiger partial charge in [0, 0.05) is 5.56 Å². The van der Waals surface area contributed by atoms with E-state index < -0.39 is 17.8 Å². The minimum Gasteiger partial charge on any atom is -0.321 e. The van der Waals surface area contributed by atoms with Crippen LogP contribution in [0.1, 0.15) is 21.5 Å². The second-order valence-electron chi connectivity index (χ2n) is 4.74. The van der Waals surface area contributed by atoms with E-state index in [-0.39, 0.29) is 11.3 Å². The molecule has 0 fully saturated rings. The second kappa shape index (κ2) is 6.10. The zero-order valence-electron chi connectivity index (χ0n) is 11.1. The fourth-order valence-corrected chi connectivity index (χ4v) is 2.00. The summed E-state index contributed by atoms with van der Waals surface area (Å²) in [6.45, 7) is 0. The number of carbonyl (C=O) groups excluding carboxylic acids is 1. The fourth-order valence-electron chi connectivity index (χ4n) is 2.00. The molecule has 0 bridgehead atoms. The highest BCUT2D eigenvalue weighted by Crippen LogP contribution is 2.29. The van der Waals surface area contributed by atoms with E-state index in [0.717, 1.165) is 29.8 Å². The lowest BCUT2D eigenvalue weighted by molar-refractivity contribution is -0.137. The first-order chi connectivity index (χ1) is 9.88. The summed E-state index contributed by atoms with van der Waals surface area (Å²) >= 11 is 0. The van der Waals surface area contributed by atoms with Crippen molar-refractivity contribution in [3.63, 3.8) is 0 Å². The molecule has 0 saturated carbocycles. The summed E-state index contributed by atoms with van der Waals surface area (Å²) in [6.07, 6.45) is -4.06. The van der Waals surface area contributed by atoms with Gasteiger partial charge in [-0.15, -0.1) is 0 Å². The molecule has 2 N–H and O–H groups in total. The van der Waals surface area contributed by atoms with Crippen LogP contribution in [0.5, 0.6) is 0 Å². The van der Waals surface area contributed by atoms with Crippen LogP contribution in [0.4, 0.5) is 13.2 Å². The quantitative estimate of drug-likeness (QED) is 0.877. The number of halogens is 3. The first kappa shape index (κ1) is 15.3. The number of nitrogens with two attached hydrogens (primary N) is 1. The van der Waals surface area contributed by atoms with Gasteiger partial charge in [0.25, 0.3) is 0 Å². The summed E-state index contributed by atoms with van der Waals surface area (Å²) < 4.78 is 37.4. The van der Waals surface area contributed by atoms with Crippen molar-refractivity contribution >= 4 is 5.78 Å². The summed E-state index contributed by atoms with van der Waals surface area (Å²) in [4.78, 5) is 12.1. The highest BCUT2D eigenvalue weighted by atomic mass is 19.4. The van der Waals surface area contributed by atoms with E-state index >= 15 is 0 Å². The number of hydrogen-bond donors (Lipinski definition) is 1. The maximum atomic E-state index is 12.5. The maximum absolute atomic E-state index is 12.5. The van der Waals surface area contributed by atoms with Crippen molar-refractivity contribution in [2.45, 2.75) is 18.6 Å². The van der Waals surface area contributed by atoms with Crippen LogP contribution in [-0.2, 0) is 12.6 Å². The number of carbonyl (C=O) groups is 1. The van der Waals surface area contributed by atoms with Crippen molar-refractivity contribution in [3.8, 4) is 0 Å². The predicted octanol–water partition coefficient (Wildman–Crippen LogP) is 3.46. The third kappa shape index (κ3) is 3.92. The zero-order chi connectivity index (χ0) is 15.5. The molecule has 0 aliphatic carbocycles. The lowest BCUT2D eigenvalue weighted by Crippen LogP contribution is -2.32. The average molecular weight is 293 g/mol. The molecule has 0 radical (unpaired) electrons. The lowest BCUT2D eigenvalue weighted by atomic mass is 9.98. The van der Waals surface area contributed by atoms with Gasteiger partial charge >= 0.3 is 6.18 Å². The topological polar surface area (TPSA) is 43.1 Å². The molecule has 2 aromatic rings. The van der Waals surface area contributed by atoms with Crippen molar-refractivity contribution in [3.05, 3.63) is 71.3 Å². The third-order valence-corrected chi connectivity index (χ3v) is 3.13. The van der Waals surface area contributed by atoms with Gasteiger partial charge in [-0.2, -0.15) is 13.2 Å². The Kier molecular flexibility index (Phi) is 4.43. The molecule has 0 aliphatic rings. The maximum Gasteiger partial charge on any atom is 0.416 e. The number of hydrogen-bond acceptors (Lipinski definition) is 2. The van der Waals surface area contributed by atoms with Crippen molar-refractivity contribution in [1.29, 1.82) is 0 Å². The Morgan fingerprint density at radius 2 is 1.57 bits per heavy atom. The summed E-state index contributed by atoms with van der Waals surface area (Å²) in [7, 11) is 0. The molecule has 0 aromatic heterocycles. The molecule has 0 aliphatic heterocycles. The Morgan fingerprint density at radius 1 is 1.00 bits per heavy atom. The van der Waals surface area contributed by atoms with Crippen LogP contribution in [0.25, 0.3) is 0 Å². The Balaban J connectivity index is 2.09. The molecule has 1 atom stereocenters. The zero-order valence-corrected chi connectivity index (χ0v) is 11.1. The molecule has 110 valence electrons. The van der Waals surface area contributed by atoms with Gasteiger partial charge in [-0.05, 0) is 24.1 Å². The molecule has 0 heterocycles. The fraction of sp³-hybridized carbons (Fsp3) is 0.188. The van der Waals surface area contributed by atoms with Crippen LogP contribution in [0.2, 0.25) is 0 Å². The summed E-state index contributed by atoms with van der Waals surface area (Å²) in [5, 5.41) is 0. The molecule has 1 unspecified atom stereocenters. The van der Waals surface area contributed by atoms with Crippen molar-refractivity contribution in [2.24, 2.45) is 5.73 Å². The van der Waals surface area contributed by atoms with E-state index in [2.05, 4.69) is 0 Å². The summed E-state index contributed by atoms with van der Waals surface area (Å²) in [6, 6.07) is 12.6. The Labute approximate surface area is 120 Å². The predicted molar refractivity (Wildman–Crippen MR) is 73.9 cm³/mol. The molecule has 0 spiro atoms. The number of alkyl halides is 3. The minimum atomic E-state index is -4.41. The van der Waals surface area contributed by atoms with Gasteiger partial charge in [0.1, 0.15) is 0 Å². The Hall–Kier alpha value is -2.14. The second-order valence-corrected chi connectivity index (χ2v) is 4.74. The van der Waals surface area contributed by atoms with E-state index in [1.54, 1.807) is 0 Å². The van der Waals surface area contributed by atoms with E-state index in [1.807, 2.05) is 30.3 Å². The van der Waals surface area contributed by atoms with Crippen LogP contribution in [0.15, 0.2) is 54.6 Å². The van der Waals surface area contributed by atoms with Gasteiger partial charge in [0.05, 0.1) is 11.6 Å². The number of rotatable bonds is 4. The van der Waals surface area contributed by atoms with Crippen LogP contribution < -0.4 is 5.73 Å². The van der Waals surface area contributed by atoms with E-state index in [0.29, 0.717) is 6.42 Å². The van der Waals surface area contributed by atoms with E-state index in [9.17, 15) is 18.0 Å². The number of ketones is 1. The highest BCUT2D eigenvalue weighted by molar-refractivity contribution is 6.00. The normalized spacial score (nSPS) is 13.0. The van der Waals surface area contributed by atoms with Gasteiger partial charge in [-0.3, -0.25) is 4.79 Å². The van der Waals surface area contributed by atoms with Crippen LogP contribution >= 0.6 is 0 Å². The van der Waals surface area contributed by atoms with Crippen LogP contribution in [0.3, 0.4) is 0 Å². The van der Waals surface area contributed by atoms with Gasteiger partial charge in [0.2, 0.25) is 0 Å². The number of Topliss-reactive ketones (excluding diaryl/α,β-unsaturated/α-hetero) is 1. The summed E-state index contributed by atoms with van der Waals surface area (Å²) in [5.74, 6) is -0.368. The Morgan fingerprint density at radius 3 is 2.10 bits per heavy atom. The molecule has 0 amide bonds. The highest BCUT2D eigenvalue weighted by Gasteiger charge is 2.30. The molecule has 5 heteroatoms. The smallest absolute Gasteiger partial charge is 0.321 e. The van der Waals surface area contributed by atoms with Crippen LogP contribution in [0, 0.1) is 0 Å². The lowest BCUT2D eigenvalue weighted by Gasteiger charge is -2.12.